The molecule has 0 saturated heterocycles. The maximum absolute atomic E-state index is 12.0. The van der Waals surface area contributed by atoms with Gasteiger partial charge in [-0.25, -0.2) is 9.98 Å². The predicted molar refractivity (Wildman–Crippen MR) is 128 cm³/mol. The average Bonchev–Trinajstić information content (AvgIpc) is 2.64. The highest BCUT2D eigenvalue weighted by atomic mass is 127. The first-order chi connectivity index (χ1) is 13.4. The number of guanidine groups is 1. The zero-order chi connectivity index (χ0) is 20.4. The number of aliphatic imine (C=N–C) groups is 1. The van der Waals surface area contributed by atoms with E-state index in [4.69, 9.17) is 4.74 Å². The molecule has 8 heteroatoms. The zero-order valence-corrected chi connectivity index (χ0v) is 20.4. The predicted octanol–water partition coefficient (Wildman–Crippen LogP) is 3.38. The van der Waals surface area contributed by atoms with Crippen molar-refractivity contribution in [2.24, 2.45) is 4.99 Å². The van der Waals surface area contributed by atoms with Crippen molar-refractivity contribution in [1.82, 2.24) is 20.9 Å². The molecule has 0 atom stereocenters. The maximum atomic E-state index is 12.0. The monoisotopic (exact) mass is 517 g/mol. The van der Waals surface area contributed by atoms with Crippen molar-refractivity contribution in [2.45, 2.75) is 78.0 Å². The molecule has 1 aliphatic carbocycles. The van der Waals surface area contributed by atoms with Gasteiger partial charge in [0.05, 0.1) is 13.1 Å². The van der Waals surface area contributed by atoms with E-state index in [9.17, 15) is 4.79 Å². The zero-order valence-electron chi connectivity index (χ0n) is 18.1. The summed E-state index contributed by atoms with van der Waals surface area (Å²) in [5, 5.41) is 9.16. The molecule has 164 valence electrons. The van der Waals surface area contributed by atoms with Gasteiger partial charge < -0.3 is 20.7 Å². The second-order valence-electron chi connectivity index (χ2n) is 8.23. The summed E-state index contributed by atoms with van der Waals surface area (Å²) in [6, 6.07) is 3.89. The lowest BCUT2D eigenvalue weighted by molar-refractivity contribution is -0.121. The highest BCUT2D eigenvalue weighted by Gasteiger charge is 2.16. The number of carbonyl (C=O) groups is 1. The molecule has 1 fully saturated rings. The lowest BCUT2D eigenvalue weighted by Crippen LogP contribution is -2.48. The van der Waals surface area contributed by atoms with Crippen LogP contribution in [0.25, 0.3) is 0 Å². The lowest BCUT2D eigenvalue weighted by atomic mass is 9.98. The van der Waals surface area contributed by atoms with Crippen LogP contribution in [-0.2, 0) is 11.3 Å². The molecule has 1 amide bonds. The Kier molecular flexibility index (Phi) is 11.3. The molecule has 29 heavy (non-hydrogen) atoms. The Bertz CT molecular complexity index is 655. The number of amides is 1. The Hall–Kier alpha value is -1.58. The van der Waals surface area contributed by atoms with E-state index in [0.717, 1.165) is 24.9 Å². The van der Waals surface area contributed by atoms with E-state index in [1.807, 2.05) is 39.8 Å². The van der Waals surface area contributed by atoms with Gasteiger partial charge in [-0.05, 0) is 65.0 Å². The summed E-state index contributed by atoms with van der Waals surface area (Å²) in [5.74, 6) is 1.21. The number of halogens is 1. The molecule has 1 aliphatic rings. The fourth-order valence-corrected chi connectivity index (χ4v) is 3.11. The molecule has 1 heterocycles. The van der Waals surface area contributed by atoms with E-state index in [2.05, 4.69) is 25.9 Å². The molecule has 3 N–H and O–H groups in total. The largest absolute Gasteiger partial charge is 0.474 e. The first-order valence-electron chi connectivity index (χ1n) is 10.3. The number of rotatable bonds is 7. The Morgan fingerprint density at radius 1 is 1.24 bits per heavy atom. The quantitative estimate of drug-likeness (QED) is 0.293. The summed E-state index contributed by atoms with van der Waals surface area (Å²) < 4.78 is 6.03. The molecular formula is C21H36IN5O2. The van der Waals surface area contributed by atoms with Crippen LogP contribution in [0.5, 0.6) is 5.88 Å². The van der Waals surface area contributed by atoms with E-state index in [1.165, 1.54) is 19.3 Å². The van der Waals surface area contributed by atoms with E-state index in [0.29, 0.717) is 18.4 Å². The third-order valence-corrected chi connectivity index (χ3v) is 4.33. The number of nitrogens with zero attached hydrogens (tertiary/aromatic N) is 2. The smallest absolute Gasteiger partial charge is 0.239 e. The molecular weight excluding hydrogens is 481 g/mol. The third kappa shape index (κ3) is 10.7. The van der Waals surface area contributed by atoms with Crippen LogP contribution in [0.1, 0.15) is 65.4 Å². The molecule has 0 aromatic carbocycles. The van der Waals surface area contributed by atoms with Gasteiger partial charge in [0.2, 0.25) is 11.8 Å². The van der Waals surface area contributed by atoms with Gasteiger partial charge in [0.15, 0.2) is 5.96 Å². The third-order valence-electron chi connectivity index (χ3n) is 4.33. The van der Waals surface area contributed by atoms with Crippen molar-refractivity contribution < 1.29 is 9.53 Å². The van der Waals surface area contributed by atoms with E-state index in [-0.39, 0.29) is 48.1 Å². The van der Waals surface area contributed by atoms with Crippen LogP contribution in [0.4, 0.5) is 0 Å². The van der Waals surface area contributed by atoms with Gasteiger partial charge in [0.25, 0.3) is 0 Å². The highest BCUT2D eigenvalue weighted by molar-refractivity contribution is 14.0. The van der Waals surface area contributed by atoms with Crippen LogP contribution in [0, 0.1) is 0 Å². The van der Waals surface area contributed by atoms with Crippen molar-refractivity contribution in [3.8, 4) is 5.88 Å². The van der Waals surface area contributed by atoms with Gasteiger partial charge in [-0.2, -0.15) is 0 Å². The van der Waals surface area contributed by atoms with Gasteiger partial charge in [-0.3, -0.25) is 4.79 Å². The van der Waals surface area contributed by atoms with Crippen LogP contribution in [0.15, 0.2) is 23.3 Å². The number of ether oxygens (including phenoxy) is 1. The number of hydrogen-bond acceptors (Lipinski definition) is 4. The molecule has 2 rings (SSSR count). The number of nitrogens with one attached hydrogen (secondary N) is 3. The minimum atomic E-state index is -0.250. The van der Waals surface area contributed by atoms with Gasteiger partial charge in [-0.1, -0.05) is 6.42 Å². The highest BCUT2D eigenvalue weighted by Crippen LogP contribution is 2.22. The molecule has 0 spiro atoms. The standard InChI is InChI=1S/C21H35N5O2.HI/c1-5-22-20(25-15-18(27)26-21(2,3)4)24-14-16-11-12-23-19(13-16)28-17-9-7-6-8-10-17;/h11-13,17H,5-10,14-15H2,1-4H3,(H,26,27)(H2,22,24,25);1H. The molecule has 0 radical (unpaired) electrons. The summed E-state index contributed by atoms with van der Waals surface area (Å²) in [6.45, 7) is 9.26. The Morgan fingerprint density at radius 3 is 2.62 bits per heavy atom. The molecule has 1 aromatic rings. The Labute approximate surface area is 191 Å². The molecule has 0 bridgehead atoms. The number of carbonyl (C=O) groups excluding carboxylic acids is 1. The number of pyridine rings is 1. The van der Waals surface area contributed by atoms with Crippen molar-refractivity contribution in [2.75, 3.05) is 13.1 Å². The van der Waals surface area contributed by atoms with Crippen molar-refractivity contribution in [1.29, 1.82) is 0 Å². The van der Waals surface area contributed by atoms with E-state index >= 15 is 0 Å². The molecule has 1 saturated carbocycles. The van der Waals surface area contributed by atoms with Gasteiger partial charge >= 0.3 is 0 Å². The van der Waals surface area contributed by atoms with E-state index < -0.39 is 0 Å². The molecule has 7 nitrogen and oxygen atoms in total. The molecule has 0 aliphatic heterocycles. The fourth-order valence-electron chi connectivity index (χ4n) is 3.11. The van der Waals surface area contributed by atoms with Gasteiger partial charge in [0.1, 0.15) is 6.10 Å². The Morgan fingerprint density at radius 2 is 1.97 bits per heavy atom. The van der Waals surface area contributed by atoms with Crippen molar-refractivity contribution in [3.63, 3.8) is 0 Å². The summed E-state index contributed by atoms with van der Waals surface area (Å²) in [7, 11) is 0. The first kappa shape index (κ1) is 25.5. The second kappa shape index (κ2) is 12.9. The van der Waals surface area contributed by atoms with Crippen molar-refractivity contribution >= 4 is 35.8 Å². The number of aromatic nitrogens is 1. The second-order valence-corrected chi connectivity index (χ2v) is 8.23. The topological polar surface area (TPSA) is 87.6 Å². The van der Waals surface area contributed by atoms with Crippen LogP contribution in [0.2, 0.25) is 0 Å². The summed E-state index contributed by atoms with van der Waals surface area (Å²) in [4.78, 5) is 20.9. The minimum absolute atomic E-state index is 0. The normalized spacial score (nSPS) is 15.2. The molecule has 1 aromatic heterocycles. The SMILES string of the molecule is CCNC(=NCc1ccnc(OC2CCCCC2)c1)NCC(=O)NC(C)(C)C.I. The van der Waals surface area contributed by atoms with Crippen LogP contribution < -0.4 is 20.7 Å². The van der Waals surface area contributed by atoms with Gasteiger partial charge in [-0.15, -0.1) is 24.0 Å². The minimum Gasteiger partial charge on any atom is -0.474 e. The lowest BCUT2D eigenvalue weighted by Gasteiger charge is -2.22. The van der Waals surface area contributed by atoms with Crippen LogP contribution >= 0.6 is 24.0 Å². The fraction of sp³-hybridized carbons (Fsp3) is 0.667. The van der Waals surface area contributed by atoms with Crippen LogP contribution in [0.3, 0.4) is 0 Å². The molecule has 0 unspecified atom stereocenters. The van der Waals surface area contributed by atoms with Gasteiger partial charge in [0, 0.05) is 24.3 Å². The number of hydrogen-bond donors (Lipinski definition) is 3. The first-order valence-corrected chi connectivity index (χ1v) is 10.3. The Balaban J connectivity index is 0.00000420. The average molecular weight is 517 g/mol. The summed E-state index contributed by atoms with van der Waals surface area (Å²) in [5.41, 5.74) is 0.775. The maximum Gasteiger partial charge on any atom is 0.239 e. The van der Waals surface area contributed by atoms with Crippen molar-refractivity contribution in [3.05, 3.63) is 23.9 Å². The van der Waals surface area contributed by atoms with Crippen LogP contribution in [-0.4, -0.2) is 41.6 Å². The summed E-state index contributed by atoms with van der Waals surface area (Å²) >= 11 is 0. The summed E-state index contributed by atoms with van der Waals surface area (Å²) in [6.07, 6.45) is 8.02. The van der Waals surface area contributed by atoms with E-state index in [1.54, 1.807) is 6.20 Å².